The van der Waals surface area contributed by atoms with Crippen LogP contribution in [0.1, 0.15) is 18.1 Å². The van der Waals surface area contributed by atoms with Crippen LogP contribution in [0.3, 0.4) is 0 Å². The molecule has 1 amide bonds. The van der Waals surface area contributed by atoms with Crippen molar-refractivity contribution in [2.45, 2.75) is 19.0 Å². The van der Waals surface area contributed by atoms with Gasteiger partial charge in [0.05, 0.1) is 0 Å². The number of pyridine rings is 1. The summed E-state index contributed by atoms with van der Waals surface area (Å²) in [6.45, 7) is 2.34. The number of carbonyl (C=O) groups excluding carboxylic acids is 1. The molecule has 2 rings (SSSR count). The summed E-state index contributed by atoms with van der Waals surface area (Å²) in [6.07, 6.45) is 3.32. The SMILES string of the molecule is CC(NCc1ccccc1)(C(N)=O)c1cccnc1. The third kappa shape index (κ3) is 2.98. The first kappa shape index (κ1) is 13.2. The number of amides is 1. The summed E-state index contributed by atoms with van der Waals surface area (Å²) in [6, 6.07) is 13.5. The Hall–Kier alpha value is -2.20. The summed E-state index contributed by atoms with van der Waals surface area (Å²) in [5.41, 5.74) is 6.47. The van der Waals surface area contributed by atoms with E-state index in [4.69, 9.17) is 5.73 Å². The molecule has 4 nitrogen and oxygen atoms in total. The van der Waals surface area contributed by atoms with Crippen molar-refractivity contribution in [1.29, 1.82) is 0 Å². The lowest BCUT2D eigenvalue weighted by Gasteiger charge is -2.27. The number of rotatable bonds is 5. The lowest BCUT2D eigenvalue weighted by Crippen LogP contribution is -2.50. The molecule has 1 heterocycles. The Bertz CT molecular complexity index is 542. The van der Waals surface area contributed by atoms with E-state index in [1.807, 2.05) is 36.4 Å². The maximum atomic E-state index is 11.8. The van der Waals surface area contributed by atoms with Gasteiger partial charge in [0.15, 0.2) is 0 Å². The molecule has 0 aliphatic carbocycles. The number of nitrogens with two attached hydrogens (primary N) is 1. The number of hydrogen-bond acceptors (Lipinski definition) is 3. The zero-order valence-electron chi connectivity index (χ0n) is 10.8. The topological polar surface area (TPSA) is 68.0 Å². The Morgan fingerprint density at radius 2 is 2.00 bits per heavy atom. The van der Waals surface area contributed by atoms with Crippen molar-refractivity contribution >= 4 is 5.91 Å². The van der Waals surface area contributed by atoms with Gasteiger partial charge in [0.2, 0.25) is 5.91 Å². The number of nitrogens with zero attached hydrogens (tertiary/aromatic N) is 1. The molecule has 0 saturated carbocycles. The van der Waals surface area contributed by atoms with Crippen molar-refractivity contribution in [1.82, 2.24) is 10.3 Å². The molecule has 0 aliphatic rings. The Morgan fingerprint density at radius 1 is 1.26 bits per heavy atom. The molecule has 0 bridgehead atoms. The summed E-state index contributed by atoms with van der Waals surface area (Å²) in [4.78, 5) is 15.8. The predicted octanol–water partition coefficient (Wildman–Crippen LogP) is 1.57. The number of hydrogen-bond donors (Lipinski definition) is 2. The van der Waals surface area contributed by atoms with Crippen LogP contribution >= 0.6 is 0 Å². The third-order valence-corrected chi connectivity index (χ3v) is 3.22. The lowest BCUT2D eigenvalue weighted by atomic mass is 9.92. The predicted molar refractivity (Wildman–Crippen MR) is 74.1 cm³/mol. The number of aromatic nitrogens is 1. The maximum absolute atomic E-state index is 11.8. The molecule has 4 heteroatoms. The van der Waals surface area contributed by atoms with Gasteiger partial charge in [0.25, 0.3) is 0 Å². The maximum Gasteiger partial charge on any atom is 0.242 e. The molecular formula is C15H17N3O. The first-order chi connectivity index (χ1) is 9.13. The number of benzene rings is 1. The zero-order chi connectivity index (χ0) is 13.7. The van der Waals surface area contributed by atoms with Gasteiger partial charge in [-0.05, 0) is 24.1 Å². The van der Waals surface area contributed by atoms with Crippen LogP contribution in [0.2, 0.25) is 0 Å². The molecule has 1 atom stereocenters. The summed E-state index contributed by atoms with van der Waals surface area (Å²) in [5.74, 6) is -0.420. The minimum absolute atomic E-state index is 0.420. The second kappa shape index (κ2) is 5.63. The van der Waals surface area contributed by atoms with Gasteiger partial charge in [-0.15, -0.1) is 0 Å². The van der Waals surface area contributed by atoms with E-state index in [0.29, 0.717) is 6.54 Å². The van der Waals surface area contributed by atoms with Crippen molar-refractivity contribution in [3.63, 3.8) is 0 Å². The average Bonchev–Trinajstić information content (AvgIpc) is 2.46. The van der Waals surface area contributed by atoms with Crippen molar-refractivity contribution in [2.24, 2.45) is 5.73 Å². The van der Waals surface area contributed by atoms with E-state index < -0.39 is 11.4 Å². The molecule has 1 unspecified atom stereocenters. The Labute approximate surface area is 112 Å². The monoisotopic (exact) mass is 255 g/mol. The average molecular weight is 255 g/mol. The summed E-state index contributed by atoms with van der Waals surface area (Å²) in [7, 11) is 0. The third-order valence-electron chi connectivity index (χ3n) is 3.22. The van der Waals surface area contributed by atoms with Crippen molar-refractivity contribution in [3.05, 3.63) is 66.0 Å². The normalized spacial score (nSPS) is 13.7. The molecule has 0 fully saturated rings. The molecule has 0 saturated heterocycles. The van der Waals surface area contributed by atoms with E-state index in [0.717, 1.165) is 11.1 Å². The molecule has 2 aromatic rings. The molecule has 0 radical (unpaired) electrons. The van der Waals surface area contributed by atoms with Gasteiger partial charge in [0.1, 0.15) is 5.54 Å². The Morgan fingerprint density at radius 3 is 2.58 bits per heavy atom. The van der Waals surface area contributed by atoms with E-state index in [2.05, 4.69) is 10.3 Å². The fraction of sp³-hybridized carbons (Fsp3) is 0.200. The second-order valence-corrected chi connectivity index (χ2v) is 4.57. The number of nitrogens with one attached hydrogen (secondary N) is 1. The van der Waals surface area contributed by atoms with Crippen molar-refractivity contribution < 1.29 is 4.79 Å². The van der Waals surface area contributed by atoms with Crippen LogP contribution < -0.4 is 11.1 Å². The highest BCUT2D eigenvalue weighted by Crippen LogP contribution is 2.20. The minimum Gasteiger partial charge on any atom is -0.368 e. The highest BCUT2D eigenvalue weighted by Gasteiger charge is 2.32. The summed E-state index contributed by atoms with van der Waals surface area (Å²) < 4.78 is 0. The van der Waals surface area contributed by atoms with Crippen molar-refractivity contribution in [2.75, 3.05) is 0 Å². The summed E-state index contributed by atoms with van der Waals surface area (Å²) >= 11 is 0. The standard InChI is InChI=1S/C15H17N3O/c1-15(14(16)19,13-8-5-9-17-11-13)18-10-12-6-3-2-4-7-12/h2-9,11,18H,10H2,1H3,(H2,16,19). The molecular weight excluding hydrogens is 238 g/mol. The van der Waals surface area contributed by atoms with Gasteiger partial charge >= 0.3 is 0 Å². The first-order valence-electron chi connectivity index (χ1n) is 6.12. The van der Waals surface area contributed by atoms with Crippen LogP contribution in [-0.2, 0) is 16.9 Å². The van der Waals surface area contributed by atoms with Crippen molar-refractivity contribution in [3.8, 4) is 0 Å². The lowest BCUT2D eigenvalue weighted by molar-refractivity contribution is -0.124. The van der Waals surface area contributed by atoms with Crippen LogP contribution in [0.4, 0.5) is 0 Å². The second-order valence-electron chi connectivity index (χ2n) is 4.57. The minimum atomic E-state index is -0.926. The zero-order valence-corrected chi connectivity index (χ0v) is 10.8. The van der Waals surface area contributed by atoms with E-state index >= 15 is 0 Å². The molecule has 0 aliphatic heterocycles. The van der Waals surface area contributed by atoms with Gasteiger partial charge in [-0.3, -0.25) is 15.1 Å². The molecule has 1 aromatic carbocycles. The molecule has 19 heavy (non-hydrogen) atoms. The highest BCUT2D eigenvalue weighted by molar-refractivity contribution is 5.85. The molecule has 98 valence electrons. The molecule has 3 N–H and O–H groups in total. The fourth-order valence-electron chi connectivity index (χ4n) is 1.86. The van der Waals surface area contributed by atoms with E-state index in [1.165, 1.54) is 0 Å². The van der Waals surface area contributed by atoms with Gasteiger partial charge in [-0.1, -0.05) is 36.4 Å². The van der Waals surface area contributed by atoms with E-state index in [1.54, 1.807) is 25.4 Å². The largest absolute Gasteiger partial charge is 0.368 e. The van der Waals surface area contributed by atoms with Crippen LogP contribution in [-0.4, -0.2) is 10.9 Å². The first-order valence-corrected chi connectivity index (χ1v) is 6.12. The van der Waals surface area contributed by atoms with Crippen LogP contribution in [0.5, 0.6) is 0 Å². The molecule has 0 spiro atoms. The Kier molecular flexibility index (Phi) is 3.92. The van der Waals surface area contributed by atoms with Crippen LogP contribution in [0, 0.1) is 0 Å². The van der Waals surface area contributed by atoms with Crippen LogP contribution in [0.15, 0.2) is 54.9 Å². The highest BCUT2D eigenvalue weighted by atomic mass is 16.1. The van der Waals surface area contributed by atoms with Gasteiger partial charge in [-0.25, -0.2) is 0 Å². The van der Waals surface area contributed by atoms with Gasteiger partial charge < -0.3 is 5.73 Å². The number of carbonyl (C=O) groups is 1. The van der Waals surface area contributed by atoms with Crippen LogP contribution in [0.25, 0.3) is 0 Å². The fourth-order valence-corrected chi connectivity index (χ4v) is 1.86. The molecule has 1 aromatic heterocycles. The quantitative estimate of drug-likeness (QED) is 0.852. The van der Waals surface area contributed by atoms with E-state index in [-0.39, 0.29) is 0 Å². The Balaban J connectivity index is 2.19. The van der Waals surface area contributed by atoms with Gasteiger partial charge in [-0.2, -0.15) is 0 Å². The van der Waals surface area contributed by atoms with E-state index in [9.17, 15) is 4.79 Å². The smallest absolute Gasteiger partial charge is 0.242 e. The van der Waals surface area contributed by atoms with Gasteiger partial charge in [0, 0.05) is 18.9 Å². The summed E-state index contributed by atoms with van der Waals surface area (Å²) in [5, 5.41) is 3.21. The number of primary amides is 1.